The first-order chi connectivity index (χ1) is 4.63. The average molecular weight is 140 g/mol. The Morgan fingerprint density at radius 3 is 2.30 bits per heavy atom. The van der Waals surface area contributed by atoms with Gasteiger partial charge in [-0.05, 0) is 13.8 Å². The molecule has 1 rings (SSSR count). The number of rotatable bonds is 0. The monoisotopic (exact) mass is 140 g/mol. The SMILES string of the molecule is CC1=C(C)N(O)C=CN1C. The van der Waals surface area contributed by atoms with E-state index in [1.807, 2.05) is 32.0 Å². The first-order valence-corrected chi connectivity index (χ1v) is 3.19. The number of allylic oxidation sites excluding steroid dienone is 2. The van der Waals surface area contributed by atoms with Crippen molar-refractivity contribution in [2.24, 2.45) is 0 Å². The third kappa shape index (κ3) is 0.998. The van der Waals surface area contributed by atoms with Crippen molar-refractivity contribution in [3.05, 3.63) is 23.8 Å². The van der Waals surface area contributed by atoms with E-state index in [4.69, 9.17) is 5.21 Å². The van der Waals surface area contributed by atoms with Crippen molar-refractivity contribution in [1.29, 1.82) is 0 Å². The van der Waals surface area contributed by atoms with E-state index in [0.717, 1.165) is 16.5 Å². The number of nitrogens with zero attached hydrogens (tertiary/aromatic N) is 2. The summed E-state index contributed by atoms with van der Waals surface area (Å²) in [6, 6.07) is 0. The van der Waals surface area contributed by atoms with Crippen LogP contribution < -0.4 is 0 Å². The molecule has 0 spiro atoms. The van der Waals surface area contributed by atoms with Crippen molar-refractivity contribution >= 4 is 0 Å². The molecule has 3 heteroatoms. The second-order valence-electron chi connectivity index (χ2n) is 2.42. The Balaban J connectivity index is 2.88. The third-order valence-electron chi connectivity index (χ3n) is 1.83. The molecule has 0 radical (unpaired) electrons. The maximum atomic E-state index is 9.13. The van der Waals surface area contributed by atoms with Gasteiger partial charge in [0, 0.05) is 25.1 Å². The van der Waals surface area contributed by atoms with Crippen molar-refractivity contribution in [2.45, 2.75) is 13.8 Å². The molecule has 0 atom stereocenters. The van der Waals surface area contributed by atoms with E-state index in [0.29, 0.717) is 0 Å². The summed E-state index contributed by atoms with van der Waals surface area (Å²) in [6.07, 6.45) is 3.42. The number of hydrogen-bond acceptors (Lipinski definition) is 3. The van der Waals surface area contributed by atoms with Gasteiger partial charge in [0.05, 0.1) is 5.70 Å². The van der Waals surface area contributed by atoms with Gasteiger partial charge in [0.2, 0.25) is 0 Å². The molecule has 0 saturated carbocycles. The van der Waals surface area contributed by atoms with E-state index in [1.165, 1.54) is 0 Å². The molecule has 0 aromatic rings. The van der Waals surface area contributed by atoms with Gasteiger partial charge in [-0.1, -0.05) is 0 Å². The summed E-state index contributed by atoms with van der Waals surface area (Å²) in [5.41, 5.74) is 1.93. The molecule has 1 aliphatic heterocycles. The third-order valence-corrected chi connectivity index (χ3v) is 1.83. The molecule has 1 N–H and O–H groups in total. The molecule has 1 aliphatic rings. The second-order valence-corrected chi connectivity index (χ2v) is 2.42. The summed E-state index contributed by atoms with van der Waals surface area (Å²) in [7, 11) is 1.95. The molecule has 0 aromatic heterocycles. The maximum absolute atomic E-state index is 9.13. The van der Waals surface area contributed by atoms with Gasteiger partial charge in [0.1, 0.15) is 0 Å². The second kappa shape index (κ2) is 2.34. The average Bonchev–Trinajstić information content (AvgIpc) is 1.93. The fraction of sp³-hybridized carbons (Fsp3) is 0.429. The molecule has 0 bridgehead atoms. The predicted octanol–water partition coefficient (Wildman–Crippen LogP) is 1.35. The lowest BCUT2D eigenvalue weighted by Crippen LogP contribution is -2.22. The van der Waals surface area contributed by atoms with Crippen LogP contribution in [0.1, 0.15) is 13.8 Å². The maximum Gasteiger partial charge on any atom is 0.0620 e. The van der Waals surface area contributed by atoms with E-state index in [1.54, 1.807) is 6.20 Å². The molecule has 0 amide bonds. The Bertz CT molecular complexity index is 176. The van der Waals surface area contributed by atoms with Gasteiger partial charge in [-0.15, -0.1) is 0 Å². The zero-order chi connectivity index (χ0) is 7.72. The zero-order valence-electron chi connectivity index (χ0n) is 6.50. The van der Waals surface area contributed by atoms with E-state index in [2.05, 4.69) is 0 Å². The van der Waals surface area contributed by atoms with Gasteiger partial charge >= 0.3 is 0 Å². The molecule has 0 unspecified atom stereocenters. The Morgan fingerprint density at radius 1 is 1.20 bits per heavy atom. The Morgan fingerprint density at radius 2 is 1.80 bits per heavy atom. The molecule has 1 heterocycles. The van der Waals surface area contributed by atoms with Crippen molar-refractivity contribution in [2.75, 3.05) is 7.05 Å². The molecule has 0 saturated heterocycles. The van der Waals surface area contributed by atoms with Crippen LogP contribution in [0, 0.1) is 0 Å². The van der Waals surface area contributed by atoms with Crippen molar-refractivity contribution in [3.63, 3.8) is 0 Å². The first kappa shape index (κ1) is 7.15. The van der Waals surface area contributed by atoms with Gasteiger partial charge in [-0.2, -0.15) is 0 Å². The molecular formula is C7H12N2O. The van der Waals surface area contributed by atoms with E-state index >= 15 is 0 Å². The van der Waals surface area contributed by atoms with Crippen LogP contribution in [0.25, 0.3) is 0 Å². The predicted molar refractivity (Wildman–Crippen MR) is 38.9 cm³/mol. The number of hydroxylamine groups is 2. The largest absolute Gasteiger partial charge is 0.352 e. The van der Waals surface area contributed by atoms with Crippen LogP contribution in [0.15, 0.2) is 23.8 Å². The highest BCUT2D eigenvalue weighted by atomic mass is 16.5. The fourth-order valence-electron chi connectivity index (χ4n) is 0.808. The van der Waals surface area contributed by atoms with E-state index in [-0.39, 0.29) is 0 Å². The van der Waals surface area contributed by atoms with E-state index in [9.17, 15) is 0 Å². The standard InChI is InChI=1S/C7H12N2O/c1-6-7(2)9(10)5-4-8(6)3/h4-5,10H,1-3H3. The molecule has 0 aromatic carbocycles. The minimum atomic E-state index is 0.866. The molecule has 10 heavy (non-hydrogen) atoms. The van der Waals surface area contributed by atoms with Gasteiger partial charge in [0.25, 0.3) is 0 Å². The highest BCUT2D eigenvalue weighted by molar-refractivity contribution is 5.14. The van der Waals surface area contributed by atoms with Crippen LogP contribution in [-0.4, -0.2) is 22.2 Å². The van der Waals surface area contributed by atoms with Crippen LogP contribution in [-0.2, 0) is 0 Å². The molecule has 0 aliphatic carbocycles. The summed E-state index contributed by atoms with van der Waals surface area (Å²) in [4.78, 5) is 1.96. The normalized spacial score (nSPS) is 18.8. The smallest absolute Gasteiger partial charge is 0.0620 e. The van der Waals surface area contributed by atoms with Gasteiger partial charge < -0.3 is 4.90 Å². The summed E-state index contributed by atoms with van der Waals surface area (Å²) in [5, 5.41) is 10.2. The summed E-state index contributed by atoms with van der Waals surface area (Å²) in [5.74, 6) is 0. The zero-order valence-corrected chi connectivity index (χ0v) is 6.50. The van der Waals surface area contributed by atoms with Crippen LogP contribution >= 0.6 is 0 Å². The first-order valence-electron chi connectivity index (χ1n) is 3.19. The minimum Gasteiger partial charge on any atom is -0.352 e. The molecule has 3 nitrogen and oxygen atoms in total. The highest BCUT2D eigenvalue weighted by Crippen LogP contribution is 2.15. The minimum absolute atomic E-state index is 0.866. The van der Waals surface area contributed by atoms with Crippen molar-refractivity contribution < 1.29 is 5.21 Å². The summed E-state index contributed by atoms with van der Waals surface area (Å²) >= 11 is 0. The van der Waals surface area contributed by atoms with Gasteiger partial charge in [-0.3, -0.25) is 5.21 Å². The topological polar surface area (TPSA) is 26.7 Å². The quantitative estimate of drug-likeness (QED) is 0.550. The van der Waals surface area contributed by atoms with Gasteiger partial charge in [0.15, 0.2) is 0 Å². The summed E-state index contributed by atoms with van der Waals surface area (Å²) < 4.78 is 0. The van der Waals surface area contributed by atoms with Crippen LogP contribution in [0.3, 0.4) is 0 Å². The van der Waals surface area contributed by atoms with Crippen LogP contribution in [0.5, 0.6) is 0 Å². The van der Waals surface area contributed by atoms with Crippen LogP contribution in [0.2, 0.25) is 0 Å². The van der Waals surface area contributed by atoms with Crippen LogP contribution in [0.4, 0.5) is 0 Å². The molecule has 0 fully saturated rings. The Hall–Kier alpha value is -0.960. The van der Waals surface area contributed by atoms with Crippen molar-refractivity contribution in [1.82, 2.24) is 9.96 Å². The highest BCUT2D eigenvalue weighted by Gasteiger charge is 2.09. The fourth-order valence-corrected chi connectivity index (χ4v) is 0.808. The van der Waals surface area contributed by atoms with E-state index < -0.39 is 0 Å². The lowest BCUT2D eigenvalue weighted by Gasteiger charge is -2.26. The number of hydrogen-bond donors (Lipinski definition) is 1. The Kier molecular flexibility index (Phi) is 1.68. The van der Waals surface area contributed by atoms with Gasteiger partial charge in [-0.25, -0.2) is 5.06 Å². The lowest BCUT2D eigenvalue weighted by molar-refractivity contribution is -0.0112. The summed E-state index contributed by atoms with van der Waals surface area (Å²) in [6.45, 7) is 3.83. The lowest BCUT2D eigenvalue weighted by atomic mass is 10.3. The molecule has 56 valence electrons. The Labute approximate surface area is 60.8 Å². The molecular weight excluding hydrogens is 128 g/mol. The van der Waals surface area contributed by atoms with Crippen molar-refractivity contribution in [3.8, 4) is 0 Å².